The molecule has 0 radical (unpaired) electrons. The van der Waals surface area contributed by atoms with Crippen LogP contribution in [0.1, 0.15) is 23.3 Å². The van der Waals surface area contributed by atoms with E-state index in [1.807, 2.05) is 12.1 Å². The summed E-state index contributed by atoms with van der Waals surface area (Å²) in [6.45, 7) is 1.20. The van der Waals surface area contributed by atoms with Gasteiger partial charge in [0, 0.05) is 25.0 Å². The number of nitrogens with one attached hydrogen (secondary N) is 1. The zero-order chi connectivity index (χ0) is 17.2. The van der Waals surface area contributed by atoms with Crippen molar-refractivity contribution in [2.45, 2.75) is 12.8 Å². The van der Waals surface area contributed by atoms with E-state index < -0.39 is 15.9 Å². The van der Waals surface area contributed by atoms with Gasteiger partial charge in [0.15, 0.2) is 0 Å². The van der Waals surface area contributed by atoms with Gasteiger partial charge in [-0.25, -0.2) is 17.7 Å². The second kappa shape index (κ2) is 7.04. The Morgan fingerprint density at radius 1 is 1.21 bits per heavy atom. The molecule has 6 nitrogen and oxygen atoms in total. The summed E-state index contributed by atoms with van der Waals surface area (Å²) >= 11 is 6.09. The maximum Gasteiger partial charge on any atom is 0.269 e. The molecule has 8 heteroatoms. The van der Waals surface area contributed by atoms with E-state index in [1.54, 1.807) is 18.2 Å². The van der Waals surface area contributed by atoms with Gasteiger partial charge in [0.05, 0.1) is 16.3 Å². The molecule has 1 aromatic heterocycles. The largest absolute Gasteiger partial charge is 0.350 e. The van der Waals surface area contributed by atoms with Crippen LogP contribution in [-0.4, -0.2) is 49.0 Å². The number of benzene rings is 1. The van der Waals surface area contributed by atoms with E-state index in [9.17, 15) is 13.2 Å². The summed E-state index contributed by atoms with van der Waals surface area (Å²) < 4.78 is 25.7. The van der Waals surface area contributed by atoms with E-state index in [0.29, 0.717) is 23.6 Å². The third-order valence-electron chi connectivity index (χ3n) is 4.01. The average Bonchev–Trinajstić information content (AvgIpc) is 3.10. The normalized spacial score (nSPS) is 15.7. The number of hydrogen-bond acceptors (Lipinski definition) is 4. The van der Waals surface area contributed by atoms with Gasteiger partial charge >= 0.3 is 0 Å². The SMILES string of the molecule is O=C(NCCS(=O)(=O)N1CCCC1)c1ccc2cccc(Cl)c2n1. The molecule has 1 aromatic carbocycles. The number of pyridine rings is 1. The van der Waals surface area contributed by atoms with Crippen molar-refractivity contribution in [1.29, 1.82) is 0 Å². The molecule has 0 atom stereocenters. The van der Waals surface area contributed by atoms with Crippen molar-refractivity contribution in [3.63, 3.8) is 0 Å². The summed E-state index contributed by atoms with van der Waals surface area (Å²) in [5.41, 5.74) is 0.769. The molecule has 1 saturated heterocycles. The molecule has 1 fully saturated rings. The first-order valence-corrected chi connectivity index (χ1v) is 9.77. The summed E-state index contributed by atoms with van der Waals surface area (Å²) in [6.07, 6.45) is 1.79. The summed E-state index contributed by atoms with van der Waals surface area (Å²) in [5, 5.41) is 3.93. The van der Waals surface area contributed by atoms with Gasteiger partial charge in [0.2, 0.25) is 10.0 Å². The minimum absolute atomic E-state index is 0.0555. The van der Waals surface area contributed by atoms with Crippen LogP contribution in [0.5, 0.6) is 0 Å². The van der Waals surface area contributed by atoms with Crippen molar-refractivity contribution >= 4 is 38.4 Å². The Labute approximate surface area is 145 Å². The lowest BCUT2D eigenvalue weighted by molar-refractivity contribution is 0.0951. The first kappa shape index (κ1) is 17.1. The van der Waals surface area contributed by atoms with Crippen LogP contribution < -0.4 is 5.32 Å². The summed E-state index contributed by atoms with van der Waals surface area (Å²) in [5.74, 6) is -0.513. The molecule has 3 rings (SSSR count). The van der Waals surface area contributed by atoms with Crippen LogP contribution in [0.25, 0.3) is 10.9 Å². The van der Waals surface area contributed by atoms with Gasteiger partial charge in [-0.05, 0) is 25.0 Å². The number of nitrogens with zero attached hydrogens (tertiary/aromatic N) is 2. The predicted molar refractivity (Wildman–Crippen MR) is 93.7 cm³/mol. The van der Waals surface area contributed by atoms with Gasteiger partial charge in [0.25, 0.3) is 5.91 Å². The number of fused-ring (bicyclic) bond motifs is 1. The van der Waals surface area contributed by atoms with E-state index in [-0.39, 0.29) is 18.0 Å². The molecule has 1 aliphatic heterocycles. The quantitative estimate of drug-likeness (QED) is 0.877. The van der Waals surface area contributed by atoms with Crippen LogP contribution >= 0.6 is 11.6 Å². The van der Waals surface area contributed by atoms with Gasteiger partial charge in [-0.3, -0.25) is 4.79 Å². The number of aromatic nitrogens is 1. The Kier molecular flexibility index (Phi) is 5.03. The predicted octanol–water partition coefficient (Wildman–Crippen LogP) is 2.04. The molecule has 1 amide bonds. The van der Waals surface area contributed by atoms with Crippen molar-refractivity contribution in [3.05, 3.63) is 41.0 Å². The standard InChI is InChI=1S/C16H18ClN3O3S/c17-13-5-3-4-12-6-7-14(19-15(12)13)16(21)18-8-11-24(22,23)20-9-1-2-10-20/h3-7H,1-2,8-11H2,(H,18,21). The Hall–Kier alpha value is -1.70. The molecule has 24 heavy (non-hydrogen) atoms. The highest BCUT2D eigenvalue weighted by molar-refractivity contribution is 7.89. The van der Waals surface area contributed by atoms with E-state index in [1.165, 1.54) is 4.31 Å². The zero-order valence-corrected chi connectivity index (χ0v) is 14.6. The third-order valence-corrected chi connectivity index (χ3v) is 6.18. The average molecular weight is 368 g/mol. The fourth-order valence-corrected chi connectivity index (χ4v) is 4.37. The number of para-hydroxylation sites is 1. The maximum atomic E-state index is 12.2. The fourth-order valence-electron chi connectivity index (χ4n) is 2.72. The van der Waals surface area contributed by atoms with Gasteiger partial charge in [0.1, 0.15) is 5.69 Å². The Morgan fingerprint density at radius 2 is 1.96 bits per heavy atom. The minimum Gasteiger partial charge on any atom is -0.350 e. The second-order valence-corrected chi connectivity index (χ2v) is 8.18. The van der Waals surface area contributed by atoms with Crippen LogP contribution in [0, 0.1) is 0 Å². The summed E-state index contributed by atoms with van der Waals surface area (Å²) in [4.78, 5) is 16.4. The van der Waals surface area contributed by atoms with Crippen molar-refractivity contribution in [3.8, 4) is 0 Å². The van der Waals surface area contributed by atoms with Crippen LogP contribution in [-0.2, 0) is 10.0 Å². The molecule has 2 aromatic rings. The maximum absolute atomic E-state index is 12.2. The highest BCUT2D eigenvalue weighted by Crippen LogP contribution is 2.21. The van der Waals surface area contributed by atoms with Crippen molar-refractivity contribution in [2.75, 3.05) is 25.4 Å². The number of amides is 1. The number of hydrogen-bond donors (Lipinski definition) is 1. The zero-order valence-electron chi connectivity index (χ0n) is 13.0. The molecule has 0 saturated carbocycles. The Morgan fingerprint density at radius 3 is 2.71 bits per heavy atom. The van der Waals surface area contributed by atoms with Crippen molar-refractivity contribution < 1.29 is 13.2 Å². The highest BCUT2D eigenvalue weighted by Gasteiger charge is 2.25. The molecule has 2 heterocycles. The fraction of sp³-hybridized carbons (Fsp3) is 0.375. The lowest BCUT2D eigenvalue weighted by atomic mass is 10.2. The van der Waals surface area contributed by atoms with E-state index in [4.69, 9.17) is 11.6 Å². The summed E-state index contributed by atoms with van der Waals surface area (Å²) in [6, 6.07) is 8.75. The number of rotatable bonds is 5. The highest BCUT2D eigenvalue weighted by atomic mass is 35.5. The van der Waals surface area contributed by atoms with E-state index >= 15 is 0 Å². The van der Waals surface area contributed by atoms with Crippen LogP contribution in [0.15, 0.2) is 30.3 Å². The summed E-state index contributed by atoms with van der Waals surface area (Å²) in [7, 11) is -3.30. The van der Waals surface area contributed by atoms with E-state index in [2.05, 4.69) is 10.3 Å². The first-order valence-electron chi connectivity index (χ1n) is 7.79. The van der Waals surface area contributed by atoms with Gasteiger partial charge in [-0.15, -0.1) is 0 Å². The molecule has 0 unspecified atom stereocenters. The lowest BCUT2D eigenvalue weighted by Crippen LogP contribution is -2.36. The topological polar surface area (TPSA) is 79.4 Å². The van der Waals surface area contributed by atoms with Crippen LogP contribution in [0.3, 0.4) is 0 Å². The molecule has 0 bridgehead atoms. The Balaban J connectivity index is 1.64. The first-order chi connectivity index (χ1) is 11.5. The van der Waals surface area contributed by atoms with Gasteiger partial charge in [-0.2, -0.15) is 0 Å². The molecular weight excluding hydrogens is 350 g/mol. The molecule has 1 N–H and O–H groups in total. The molecule has 128 valence electrons. The lowest BCUT2D eigenvalue weighted by Gasteiger charge is -2.15. The van der Waals surface area contributed by atoms with Crippen molar-refractivity contribution in [2.24, 2.45) is 0 Å². The number of halogens is 1. The smallest absolute Gasteiger partial charge is 0.269 e. The van der Waals surface area contributed by atoms with E-state index in [0.717, 1.165) is 18.2 Å². The van der Waals surface area contributed by atoms with Crippen molar-refractivity contribution in [1.82, 2.24) is 14.6 Å². The second-order valence-electron chi connectivity index (χ2n) is 5.69. The van der Waals surface area contributed by atoms with Crippen LogP contribution in [0.4, 0.5) is 0 Å². The van der Waals surface area contributed by atoms with Gasteiger partial charge < -0.3 is 5.32 Å². The molecular formula is C16H18ClN3O3S. The molecule has 0 aliphatic carbocycles. The Bertz CT molecular complexity index is 864. The molecule has 0 spiro atoms. The third kappa shape index (κ3) is 3.68. The number of carbonyl (C=O) groups is 1. The van der Waals surface area contributed by atoms with Crippen LogP contribution in [0.2, 0.25) is 5.02 Å². The van der Waals surface area contributed by atoms with Gasteiger partial charge in [-0.1, -0.05) is 29.8 Å². The monoisotopic (exact) mass is 367 g/mol. The number of sulfonamides is 1. The number of carbonyl (C=O) groups excluding carboxylic acids is 1. The molecule has 1 aliphatic rings. The minimum atomic E-state index is -3.30.